The number of imide groups is 1. The summed E-state index contributed by atoms with van der Waals surface area (Å²) in [5, 5.41) is 0. The van der Waals surface area contributed by atoms with Gasteiger partial charge in [0.05, 0.1) is 6.54 Å². The molecule has 0 bridgehead atoms. The highest BCUT2D eigenvalue weighted by Gasteiger charge is 2.38. The fourth-order valence-electron chi connectivity index (χ4n) is 2.75. The molecule has 1 saturated heterocycles. The van der Waals surface area contributed by atoms with Gasteiger partial charge in [0, 0.05) is 36.8 Å². The van der Waals surface area contributed by atoms with E-state index in [1.165, 1.54) is 0 Å². The van der Waals surface area contributed by atoms with Gasteiger partial charge in [0.1, 0.15) is 0 Å². The summed E-state index contributed by atoms with van der Waals surface area (Å²) < 4.78 is 1.93. The lowest BCUT2D eigenvalue weighted by molar-refractivity contribution is -0.151. The fraction of sp³-hybridized carbons (Fsp3) is 0.562. The molecule has 2 amide bonds. The van der Waals surface area contributed by atoms with Crippen LogP contribution >= 0.6 is 0 Å². The molecule has 1 aromatic heterocycles. The molecule has 1 aliphatic rings. The number of hydrogen-bond donors (Lipinski definition) is 0. The van der Waals surface area contributed by atoms with Crippen molar-refractivity contribution in [2.75, 3.05) is 6.54 Å². The average Bonchev–Trinajstić information content (AvgIpc) is 2.60. The Labute approximate surface area is 124 Å². The van der Waals surface area contributed by atoms with E-state index in [4.69, 9.17) is 0 Å². The first-order valence-electron chi connectivity index (χ1n) is 7.12. The van der Waals surface area contributed by atoms with Crippen LogP contribution in [0.1, 0.15) is 48.4 Å². The lowest BCUT2D eigenvalue weighted by atomic mass is 9.81. The highest BCUT2D eigenvalue weighted by molar-refractivity contribution is 6.06. The van der Waals surface area contributed by atoms with Crippen molar-refractivity contribution >= 4 is 17.6 Å². The van der Waals surface area contributed by atoms with Gasteiger partial charge in [0.2, 0.25) is 11.8 Å². The van der Waals surface area contributed by atoms with Gasteiger partial charge < -0.3 is 4.57 Å². The summed E-state index contributed by atoms with van der Waals surface area (Å²) in [4.78, 5) is 37.7. The molecule has 0 aliphatic carbocycles. The third-order valence-electron chi connectivity index (χ3n) is 4.24. The van der Waals surface area contributed by atoms with Crippen LogP contribution in [0.15, 0.2) is 6.07 Å². The number of aromatic nitrogens is 1. The van der Waals surface area contributed by atoms with E-state index in [9.17, 15) is 14.4 Å². The second kappa shape index (κ2) is 5.13. The minimum Gasteiger partial charge on any atom is -0.351 e. The lowest BCUT2D eigenvalue weighted by Crippen LogP contribution is -2.48. The maximum Gasteiger partial charge on any atom is 0.230 e. The standard InChI is InChI=1S/C16H22N2O3/c1-10-6-12(11(2)17(10)5)13(19)9-18-14(20)7-16(3,4)8-15(18)21/h6H,7-9H2,1-5H3. The number of aryl methyl sites for hydroxylation is 1. The fourth-order valence-corrected chi connectivity index (χ4v) is 2.75. The first-order valence-corrected chi connectivity index (χ1v) is 7.12. The monoisotopic (exact) mass is 290 g/mol. The summed E-state index contributed by atoms with van der Waals surface area (Å²) in [6, 6.07) is 1.81. The Morgan fingerprint density at radius 3 is 2.14 bits per heavy atom. The zero-order valence-corrected chi connectivity index (χ0v) is 13.3. The smallest absolute Gasteiger partial charge is 0.230 e. The van der Waals surface area contributed by atoms with Crippen LogP contribution in [-0.4, -0.2) is 33.6 Å². The Hall–Kier alpha value is -1.91. The zero-order chi connectivity index (χ0) is 15.9. The third-order valence-corrected chi connectivity index (χ3v) is 4.24. The summed E-state index contributed by atoms with van der Waals surface area (Å²) in [5.74, 6) is -0.692. The van der Waals surface area contributed by atoms with Gasteiger partial charge in [-0.2, -0.15) is 0 Å². The van der Waals surface area contributed by atoms with E-state index < -0.39 is 0 Å². The molecular weight excluding hydrogens is 268 g/mol. The largest absolute Gasteiger partial charge is 0.351 e. The average molecular weight is 290 g/mol. The van der Waals surface area contributed by atoms with E-state index in [0.717, 1.165) is 16.3 Å². The Morgan fingerprint density at radius 2 is 1.71 bits per heavy atom. The molecule has 0 N–H and O–H groups in total. The van der Waals surface area contributed by atoms with Crippen molar-refractivity contribution in [2.45, 2.75) is 40.5 Å². The number of likely N-dealkylation sites (tertiary alicyclic amines) is 1. The number of amides is 2. The van der Waals surface area contributed by atoms with Crippen molar-refractivity contribution < 1.29 is 14.4 Å². The zero-order valence-electron chi connectivity index (χ0n) is 13.3. The Bertz CT molecular complexity index is 606. The minimum absolute atomic E-state index is 0.155. The number of ketones is 1. The summed E-state index contributed by atoms with van der Waals surface area (Å²) in [5.41, 5.74) is 2.11. The Balaban J connectivity index is 2.18. The van der Waals surface area contributed by atoms with Crippen molar-refractivity contribution in [2.24, 2.45) is 12.5 Å². The van der Waals surface area contributed by atoms with Crippen molar-refractivity contribution in [3.05, 3.63) is 23.0 Å². The maximum atomic E-state index is 12.4. The van der Waals surface area contributed by atoms with E-state index in [0.29, 0.717) is 18.4 Å². The topological polar surface area (TPSA) is 59.4 Å². The minimum atomic E-state index is -0.313. The summed E-state index contributed by atoms with van der Waals surface area (Å²) >= 11 is 0. The molecular formula is C16H22N2O3. The van der Waals surface area contributed by atoms with E-state index in [2.05, 4.69) is 0 Å². The highest BCUT2D eigenvalue weighted by Crippen LogP contribution is 2.31. The van der Waals surface area contributed by atoms with Gasteiger partial charge in [0.25, 0.3) is 0 Å². The second-order valence-corrected chi connectivity index (χ2v) is 6.66. The number of carbonyl (C=O) groups excluding carboxylic acids is 3. The van der Waals surface area contributed by atoms with Gasteiger partial charge in [-0.15, -0.1) is 0 Å². The summed E-state index contributed by atoms with van der Waals surface area (Å²) in [6.07, 6.45) is 0.609. The molecule has 2 rings (SSSR count). The molecule has 114 valence electrons. The second-order valence-electron chi connectivity index (χ2n) is 6.66. The highest BCUT2D eigenvalue weighted by atomic mass is 16.2. The van der Waals surface area contributed by atoms with Gasteiger partial charge in [-0.25, -0.2) is 0 Å². The molecule has 0 unspecified atom stereocenters. The molecule has 5 nitrogen and oxygen atoms in total. The van der Waals surface area contributed by atoms with Crippen molar-refractivity contribution in [1.82, 2.24) is 9.47 Å². The SMILES string of the molecule is Cc1cc(C(=O)CN2C(=O)CC(C)(C)CC2=O)c(C)n1C. The molecule has 2 heterocycles. The van der Waals surface area contributed by atoms with Crippen LogP contribution in [0.3, 0.4) is 0 Å². The van der Waals surface area contributed by atoms with Crippen LogP contribution in [0, 0.1) is 19.3 Å². The van der Waals surface area contributed by atoms with E-state index in [1.807, 2.05) is 39.3 Å². The quantitative estimate of drug-likeness (QED) is 0.632. The van der Waals surface area contributed by atoms with Gasteiger partial charge in [-0.05, 0) is 25.3 Å². The molecule has 1 aliphatic heterocycles. The predicted octanol–water partition coefficient (Wildman–Crippen LogP) is 2.00. The van der Waals surface area contributed by atoms with Gasteiger partial charge in [-0.3, -0.25) is 19.3 Å². The Morgan fingerprint density at radius 1 is 1.19 bits per heavy atom. The number of rotatable bonds is 3. The number of Topliss-reactive ketones (excluding diaryl/α,β-unsaturated/α-hetero) is 1. The van der Waals surface area contributed by atoms with Gasteiger partial charge >= 0.3 is 0 Å². The van der Waals surface area contributed by atoms with E-state index in [-0.39, 0.29) is 29.6 Å². The molecule has 1 fully saturated rings. The van der Waals surface area contributed by atoms with Crippen LogP contribution in [0.25, 0.3) is 0 Å². The lowest BCUT2D eigenvalue weighted by Gasteiger charge is -2.34. The predicted molar refractivity (Wildman–Crippen MR) is 79.0 cm³/mol. The van der Waals surface area contributed by atoms with Crippen molar-refractivity contribution in [3.63, 3.8) is 0 Å². The van der Waals surface area contributed by atoms with Crippen LogP contribution in [-0.2, 0) is 16.6 Å². The van der Waals surface area contributed by atoms with Gasteiger partial charge in [0.15, 0.2) is 5.78 Å². The van der Waals surface area contributed by atoms with Crippen LogP contribution in [0.2, 0.25) is 0 Å². The molecule has 5 heteroatoms. The number of nitrogens with zero attached hydrogens (tertiary/aromatic N) is 2. The third kappa shape index (κ3) is 2.91. The molecule has 21 heavy (non-hydrogen) atoms. The number of carbonyl (C=O) groups is 3. The molecule has 0 radical (unpaired) electrons. The molecule has 0 saturated carbocycles. The normalized spacial score (nSPS) is 18.2. The Kier molecular flexibility index (Phi) is 3.78. The molecule has 0 spiro atoms. The van der Waals surface area contributed by atoms with Crippen molar-refractivity contribution in [3.8, 4) is 0 Å². The maximum absolute atomic E-state index is 12.4. The van der Waals surface area contributed by atoms with Crippen molar-refractivity contribution in [1.29, 1.82) is 0 Å². The molecule has 0 atom stereocenters. The van der Waals surface area contributed by atoms with E-state index in [1.54, 1.807) is 6.07 Å². The first-order chi connectivity index (χ1) is 9.62. The van der Waals surface area contributed by atoms with Crippen LogP contribution in [0.5, 0.6) is 0 Å². The first kappa shape index (κ1) is 15.5. The van der Waals surface area contributed by atoms with Gasteiger partial charge in [-0.1, -0.05) is 13.8 Å². The molecule has 1 aromatic rings. The van der Waals surface area contributed by atoms with Crippen LogP contribution < -0.4 is 0 Å². The molecule has 0 aromatic carbocycles. The number of piperidine rings is 1. The summed E-state index contributed by atoms with van der Waals surface area (Å²) in [6.45, 7) is 7.42. The number of hydrogen-bond acceptors (Lipinski definition) is 3. The summed E-state index contributed by atoms with van der Waals surface area (Å²) in [7, 11) is 1.89. The van der Waals surface area contributed by atoms with Crippen LogP contribution in [0.4, 0.5) is 0 Å². The van der Waals surface area contributed by atoms with E-state index >= 15 is 0 Å².